The van der Waals surface area contributed by atoms with E-state index in [9.17, 15) is 4.79 Å². The van der Waals surface area contributed by atoms with E-state index in [-0.39, 0.29) is 11.4 Å². The fourth-order valence-corrected chi connectivity index (χ4v) is 4.48. The van der Waals surface area contributed by atoms with Crippen LogP contribution in [0.2, 0.25) is 0 Å². The third-order valence-corrected chi connectivity index (χ3v) is 6.68. The Labute approximate surface area is 170 Å². The van der Waals surface area contributed by atoms with Gasteiger partial charge in [-0.15, -0.1) is 11.8 Å². The van der Waals surface area contributed by atoms with Crippen molar-refractivity contribution in [2.24, 2.45) is 5.92 Å². The van der Waals surface area contributed by atoms with Gasteiger partial charge in [0.25, 0.3) is 0 Å². The molecule has 0 amide bonds. The first-order valence-electron chi connectivity index (χ1n) is 9.91. The van der Waals surface area contributed by atoms with Gasteiger partial charge in [0.05, 0.1) is 18.0 Å². The quantitative estimate of drug-likeness (QED) is 0.650. The third-order valence-electron chi connectivity index (χ3n) is 5.31. The number of aromatic nitrogens is 1. The zero-order chi connectivity index (χ0) is 20.1. The highest BCUT2D eigenvalue weighted by atomic mass is 32.2. The van der Waals surface area contributed by atoms with Crippen molar-refractivity contribution >= 4 is 17.7 Å². The SMILES string of the molecule is Cc1ccc(-c2nc(COC3CCCC(CSC(C)C(=O)O)C3)c(C)o2)cc1. The van der Waals surface area contributed by atoms with Crippen molar-refractivity contribution in [2.45, 2.75) is 64.4 Å². The number of carbonyl (C=O) groups is 1. The molecule has 3 unspecified atom stereocenters. The van der Waals surface area contributed by atoms with E-state index in [1.807, 2.05) is 19.1 Å². The molecule has 5 nitrogen and oxygen atoms in total. The molecule has 28 heavy (non-hydrogen) atoms. The molecule has 0 radical (unpaired) electrons. The molecular formula is C22H29NO4S. The Morgan fingerprint density at radius 2 is 2.07 bits per heavy atom. The molecule has 1 N–H and O–H groups in total. The largest absolute Gasteiger partial charge is 0.480 e. The average Bonchev–Trinajstić information content (AvgIpc) is 3.06. The molecule has 152 valence electrons. The van der Waals surface area contributed by atoms with E-state index in [0.29, 0.717) is 18.4 Å². The normalized spacial score (nSPS) is 20.8. The fraction of sp³-hybridized carbons (Fsp3) is 0.545. The highest BCUT2D eigenvalue weighted by molar-refractivity contribution is 8.00. The standard InChI is InChI=1S/C22H29NO4S/c1-14-7-9-18(10-8-14)21-23-20(15(2)27-21)12-26-19-6-4-5-17(11-19)13-28-16(3)22(24)25/h7-10,16-17,19H,4-6,11-13H2,1-3H3,(H,24,25). The van der Waals surface area contributed by atoms with Crippen LogP contribution >= 0.6 is 11.8 Å². The van der Waals surface area contributed by atoms with Gasteiger partial charge in [-0.25, -0.2) is 4.98 Å². The Balaban J connectivity index is 1.52. The lowest BCUT2D eigenvalue weighted by molar-refractivity contribution is -0.136. The molecule has 0 aliphatic heterocycles. The molecule has 6 heteroatoms. The van der Waals surface area contributed by atoms with Gasteiger partial charge in [0.1, 0.15) is 11.5 Å². The van der Waals surface area contributed by atoms with E-state index in [2.05, 4.69) is 24.0 Å². The number of aryl methyl sites for hydroxylation is 2. The molecule has 2 aromatic rings. The van der Waals surface area contributed by atoms with Gasteiger partial charge in [-0.3, -0.25) is 4.79 Å². The lowest BCUT2D eigenvalue weighted by Gasteiger charge is -2.29. The second kappa shape index (κ2) is 9.61. The van der Waals surface area contributed by atoms with Crippen molar-refractivity contribution in [3.8, 4) is 11.5 Å². The van der Waals surface area contributed by atoms with Crippen molar-refractivity contribution < 1.29 is 19.1 Å². The van der Waals surface area contributed by atoms with E-state index in [0.717, 1.165) is 48.5 Å². The molecule has 3 rings (SSSR count). The number of oxazole rings is 1. The summed E-state index contributed by atoms with van der Waals surface area (Å²) in [5.74, 6) is 2.10. The summed E-state index contributed by atoms with van der Waals surface area (Å²) in [7, 11) is 0. The first kappa shape index (κ1) is 20.9. The van der Waals surface area contributed by atoms with E-state index < -0.39 is 5.97 Å². The molecule has 1 heterocycles. The van der Waals surface area contributed by atoms with E-state index in [1.165, 1.54) is 17.3 Å². The van der Waals surface area contributed by atoms with Crippen molar-refractivity contribution in [3.63, 3.8) is 0 Å². The maximum Gasteiger partial charge on any atom is 0.316 e. The predicted molar refractivity (Wildman–Crippen MR) is 112 cm³/mol. The Morgan fingerprint density at radius 3 is 2.79 bits per heavy atom. The summed E-state index contributed by atoms with van der Waals surface area (Å²) in [6, 6.07) is 8.15. The van der Waals surface area contributed by atoms with Crippen molar-refractivity contribution in [2.75, 3.05) is 5.75 Å². The van der Waals surface area contributed by atoms with Crippen molar-refractivity contribution in [3.05, 3.63) is 41.3 Å². The lowest BCUT2D eigenvalue weighted by atomic mass is 9.88. The number of benzene rings is 1. The minimum Gasteiger partial charge on any atom is -0.480 e. The number of nitrogens with zero attached hydrogens (tertiary/aromatic N) is 1. The van der Waals surface area contributed by atoms with E-state index in [1.54, 1.807) is 6.92 Å². The fourth-order valence-electron chi connectivity index (χ4n) is 3.47. The Morgan fingerprint density at radius 1 is 1.32 bits per heavy atom. The monoisotopic (exact) mass is 403 g/mol. The summed E-state index contributed by atoms with van der Waals surface area (Å²) in [6.07, 6.45) is 4.53. The van der Waals surface area contributed by atoms with Crippen LogP contribution in [0.5, 0.6) is 0 Å². The Bertz CT molecular complexity index is 786. The molecule has 1 aromatic heterocycles. The number of carboxylic acids is 1. The Kier molecular flexibility index (Phi) is 7.18. The average molecular weight is 404 g/mol. The van der Waals surface area contributed by atoms with Crippen LogP contribution in [0.1, 0.15) is 49.6 Å². The molecule has 0 bridgehead atoms. The maximum atomic E-state index is 11.0. The van der Waals surface area contributed by atoms with Gasteiger partial charge in [-0.05, 0) is 63.8 Å². The summed E-state index contributed by atoms with van der Waals surface area (Å²) in [4.78, 5) is 15.6. The van der Waals surface area contributed by atoms with Gasteiger partial charge in [-0.1, -0.05) is 24.1 Å². The number of thioether (sulfide) groups is 1. The molecule has 1 aromatic carbocycles. The first-order valence-corrected chi connectivity index (χ1v) is 11.0. The zero-order valence-corrected chi connectivity index (χ0v) is 17.6. The van der Waals surface area contributed by atoms with E-state index >= 15 is 0 Å². The van der Waals surface area contributed by atoms with Crippen LogP contribution in [-0.4, -0.2) is 33.2 Å². The van der Waals surface area contributed by atoms with Crippen molar-refractivity contribution in [1.29, 1.82) is 0 Å². The minimum atomic E-state index is -0.737. The van der Waals surface area contributed by atoms with Crippen LogP contribution in [0.15, 0.2) is 28.7 Å². The van der Waals surface area contributed by atoms with Crippen LogP contribution in [0.3, 0.4) is 0 Å². The number of hydrogen-bond donors (Lipinski definition) is 1. The van der Waals surface area contributed by atoms with Gasteiger partial charge in [0.15, 0.2) is 0 Å². The summed E-state index contributed by atoms with van der Waals surface area (Å²) in [6.45, 7) is 6.19. The van der Waals surface area contributed by atoms with Gasteiger partial charge in [0, 0.05) is 5.56 Å². The van der Waals surface area contributed by atoms with Crippen LogP contribution < -0.4 is 0 Å². The molecule has 1 saturated carbocycles. The maximum absolute atomic E-state index is 11.0. The summed E-state index contributed by atoms with van der Waals surface area (Å²) >= 11 is 1.53. The molecule has 1 fully saturated rings. The van der Waals surface area contributed by atoms with Crippen molar-refractivity contribution in [1.82, 2.24) is 4.98 Å². The lowest BCUT2D eigenvalue weighted by Crippen LogP contribution is -2.25. The first-order chi connectivity index (χ1) is 13.4. The topological polar surface area (TPSA) is 72.6 Å². The summed E-state index contributed by atoms with van der Waals surface area (Å²) < 4.78 is 12.0. The minimum absolute atomic E-state index is 0.207. The second-order valence-electron chi connectivity index (χ2n) is 7.67. The van der Waals surface area contributed by atoms with Gasteiger partial charge >= 0.3 is 5.97 Å². The number of aliphatic carboxylic acids is 1. The molecular weight excluding hydrogens is 374 g/mol. The number of ether oxygens (including phenoxy) is 1. The Hall–Kier alpha value is -1.79. The highest BCUT2D eigenvalue weighted by Crippen LogP contribution is 2.31. The van der Waals surface area contributed by atoms with Crippen LogP contribution in [0.25, 0.3) is 11.5 Å². The van der Waals surface area contributed by atoms with Crippen LogP contribution in [-0.2, 0) is 16.1 Å². The smallest absolute Gasteiger partial charge is 0.316 e. The molecule has 0 saturated heterocycles. The van der Waals surface area contributed by atoms with Gasteiger partial charge in [0.2, 0.25) is 5.89 Å². The number of carboxylic acid groups (broad SMARTS) is 1. The molecule has 1 aliphatic rings. The summed E-state index contributed by atoms with van der Waals surface area (Å²) in [5, 5.41) is 8.69. The van der Waals surface area contributed by atoms with Crippen LogP contribution in [0, 0.1) is 19.8 Å². The zero-order valence-electron chi connectivity index (χ0n) is 16.8. The van der Waals surface area contributed by atoms with E-state index in [4.69, 9.17) is 14.3 Å². The highest BCUT2D eigenvalue weighted by Gasteiger charge is 2.25. The van der Waals surface area contributed by atoms with Gasteiger partial charge in [-0.2, -0.15) is 0 Å². The van der Waals surface area contributed by atoms with Crippen LogP contribution in [0.4, 0.5) is 0 Å². The number of hydrogen-bond acceptors (Lipinski definition) is 5. The summed E-state index contributed by atoms with van der Waals surface area (Å²) in [5.41, 5.74) is 3.03. The predicted octanol–water partition coefficient (Wildman–Crippen LogP) is 5.24. The second-order valence-corrected chi connectivity index (χ2v) is 9.04. The molecule has 0 spiro atoms. The molecule has 3 atom stereocenters. The van der Waals surface area contributed by atoms with Gasteiger partial charge < -0.3 is 14.3 Å². The number of rotatable bonds is 8. The molecule has 1 aliphatic carbocycles. The third kappa shape index (κ3) is 5.61.